The Hall–Kier alpha value is -0.680. The molecular weight excluding hydrogens is 475 g/mol. The van der Waals surface area contributed by atoms with Crippen LogP contribution in [0.2, 0.25) is 0 Å². The lowest BCUT2D eigenvalue weighted by Crippen LogP contribution is -2.22. The van der Waals surface area contributed by atoms with E-state index in [2.05, 4.69) is 0 Å². The SMILES string of the molecule is O=C(COCC(OCCOCCOCCOCCO)c1ccccc1)OCC(Cl)(Cl)Cl. The number of esters is 1. The molecule has 0 aliphatic carbocycles. The smallest absolute Gasteiger partial charge is 0.332 e. The fraction of sp³-hybridized carbons (Fsp3) is 0.650. The van der Waals surface area contributed by atoms with E-state index in [0.29, 0.717) is 46.2 Å². The third-order valence-electron chi connectivity index (χ3n) is 3.58. The van der Waals surface area contributed by atoms with Crippen molar-refractivity contribution in [1.82, 2.24) is 0 Å². The van der Waals surface area contributed by atoms with Crippen LogP contribution in [0.25, 0.3) is 0 Å². The highest BCUT2D eigenvalue weighted by Crippen LogP contribution is 2.26. The molecule has 0 aliphatic heterocycles. The summed E-state index contributed by atoms with van der Waals surface area (Å²) in [5.74, 6) is -0.636. The highest BCUT2D eigenvalue weighted by Gasteiger charge is 2.22. The highest BCUT2D eigenvalue weighted by molar-refractivity contribution is 6.67. The zero-order valence-electron chi connectivity index (χ0n) is 17.2. The minimum atomic E-state index is -1.66. The molecule has 1 rings (SSSR count). The first-order valence-electron chi connectivity index (χ1n) is 9.73. The van der Waals surface area contributed by atoms with E-state index in [9.17, 15) is 4.79 Å². The van der Waals surface area contributed by atoms with Crippen molar-refractivity contribution in [2.75, 3.05) is 72.7 Å². The van der Waals surface area contributed by atoms with Crippen molar-refractivity contribution in [2.45, 2.75) is 9.90 Å². The fourth-order valence-electron chi connectivity index (χ4n) is 2.22. The largest absolute Gasteiger partial charge is 0.459 e. The van der Waals surface area contributed by atoms with Gasteiger partial charge in [-0.3, -0.25) is 0 Å². The number of alkyl halides is 3. The molecule has 1 atom stereocenters. The summed E-state index contributed by atoms with van der Waals surface area (Å²) in [6, 6.07) is 9.48. The van der Waals surface area contributed by atoms with Gasteiger partial charge in [0, 0.05) is 0 Å². The lowest BCUT2D eigenvalue weighted by Gasteiger charge is -2.19. The van der Waals surface area contributed by atoms with Crippen molar-refractivity contribution in [3.63, 3.8) is 0 Å². The summed E-state index contributed by atoms with van der Waals surface area (Å²) < 4.78 is 30.3. The molecule has 0 spiro atoms. The van der Waals surface area contributed by atoms with E-state index in [4.69, 9.17) is 68.3 Å². The Morgan fingerprint density at radius 1 is 0.871 bits per heavy atom. The number of hydrogen-bond acceptors (Lipinski definition) is 8. The molecule has 178 valence electrons. The maximum Gasteiger partial charge on any atom is 0.332 e. The first-order valence-corrected chi connectivity index (χ1v) is 10.9. The second-order valence-electron chi connectivity index (χ2n) is 6.12. The number of aliphatic hydroxyl groups is 1. The van der Waals surface area contributed by atoms with Gasteiger partial charge in [-0.2, -0.15) is 0 Å². The summed E-state index contributed by atoms with van der Waals surface area (Å²) in [4.78, 5) is 11.7. The Morgan fingerprint density at radius 2 is 1.45 bits per heavy atom. The number of carbonyl (C=O) groups excluding carboxylic acids is 1. The van der Waals surface area contributed by atoms with Crippen molar-refractivity contribution < 1.29 is 38.3 Å². The maximum atomic E-state index is 11.7. The van der Waals surface area contributed by atoms with E-state index >= 15 is 0 Å². The van der Waals surface area contributed by atoms with Crippen LogP contribution in [0.4, 0.5) is 0 Å². The summed E-state index contributed by atoms with van der Waals surface area (Å²) in [6.07, 6.45) is -0.384. The van der Waals surface area contributed by atoms with Gasteiger partial charge in [0.2, 0.25) is 3.79 Å². The van der Waals surface area contributed by atoms with Crippen molar-refractivity contribution in [2.24, 2.45) is 0 Å². The zero-order valence-corrected chi connectivity index (χ0v) is 19.4. The summed E-state index contributed by atoms with van der Waals surface area (Å²) in [7, 11) is 0. The van der Waals surface area contributed by atoms with Gasteiger partial charge in [-0.15, -0.1) is 0 Å². The van der Waals surface area contributed by atoms with Gasteiger partial charge in [-0.1, -0.05) is 65.1 Å². The molecule has 0 saturated heterocycles. The molecule has 11 heteroatoms. The maximum absolute atomic E-state index is 11.7. The third-order valence-corrected chi connectivity index (χ3v) is 3.91. The Kier molecular flexibility index (Phi) is 16.3. The lowest BCUT2D eigenvalue weighted by atomic mass is 10.1. The van der Waals surface area contributed by atoms with Crippen LogP contribution in [-0.2, 0) is 33.2 Å². The molecule has 1 aromatic carbocycles. The predicted molar refractivity (Wildman–Crippen MR) is 117 cm³/mol. The van der Waals surface area contributed by atoms with Crippen LogP contribution in [0.5, 0.6) is 0 Å². The van der Waals surface area contributed by atoms with Crippen LogP contribution in [0.1, 0.15) is 11.7 Å². The van der Waals surface area contributed by atoms with E-state index in [1.807, 2.05) is 30.3 Å². The minimum Gasteiger partial charge on any atom is -0.459 e. The topological polar surface area (TPSA) is 92.7 Å². The number of halogens is 3. The van der Waals surface area contributed by atoms with E-state index in [1.165, 1.54) is 0 Å². The van der Waals surface area contributed by atoms with Gasteiger partial charge in [-0.05, 0) is 5.56 Å². The highest BCUT2D eigenvalue weighted by atomic mass is 35.6. The van der Waals surface area contributed by atoms with Crippen LogP contribution in [0.15, 0.2) is 30.3 Å². The van der Waals surface area contributed by atoms with Gasteiger partial charge in [0.15, 0.2) is 0 Å². The van der Waals surface area contributed by atoms with Crippen LogP contribution in [-0.4, -0.2) is 87.5 Å². The molecule has 8 nitrogen and oxygen atoms in total. The van der Waals surface area contributed by atoms with E-state index in [-0.39, 0.29) is 32.5 Å². The predicted octanol–water partition coefficient (Wildman–Crippen LogP) is 2.72. The monoisotopic (exact) mass is 502 g/mol. The second-order valence-corrected chi connectivity index (χ2v) is 8.64. The first kappa shape index (κ1) is 28.4. The average molecular weight is 504 g/mol. The van der Waals surface area contributed by atoms with E-state index in [1.54, 1.807) is 0 Å². The number of carbonyl (C=O) groups is 1. The number of rotatable bonds is 18. The molecular formula is C20H29Cl3O8. The lowest BCUT2D eigenvalue weighted by molar-refractivity contribution is -0.150. The van der Waals surface area contributed by atoms with E-state index < -0.39 is 9.76 Å². The van der Waals surface area contributed by atoms with E-state index in [0.717, 1.165) is 5.56 Å². The van der Waals surface area contributed by atoms with Crippen LogP contribution >= 0.6 is 34.8 Å². The molecule has 0 saturated carbocycles. The average Bonchev–Trinajstić information content (AvgIpc) is 2.75. The van der Waals surface area contributed by atoms with Crippen molar-refractivity contribution >= 4 is 40.8 Å². The molecule has 0 heterocycles. The molecule has 0 fully saturated rings. The Morgan fingerprint density at radius 3 is 2.03 bits per heavy atom. The van der Waals surface area contributed by atoms with Gasteiger partial charge in [0.1, 0.15) is 19.3 Å². The molecule has 0 bridgehead atoms. The summed E-state index contributed by atoms with van der Waals surface area (Å²) >= 11 is 16.6. The number of aliphatic hydroxyl groups excluding tert-OH is 1. The minimum absolute atomic E-state index is 0.00105. The fourth-order valence-corrected chi connectivity index (χ4v) is 2.38. The summed E-state index contributed by atoms with van der Waals surface area (Å²) in [6.45, 7) is 2.24. The van der Waals surface area contributed by atoms with Crippen molar-refractivity contribution in [3.8, 4) is 0 Å². The molecule has 1 N–H and O–H groups in total. The Balaban J connectivity index is 2.22. The molecule has 0 aromatic heterocycles. The molecule has 1 unspecified atom stereocenters. The van der Waals surface area contributed by atoms with Crippen molar-refractivity contribution in [1.29, 1.82) is 0 Å². The van der Waals surface area contributed by atoms with Crippen LogP contribution < -0.4 is 0 Å². The summed E-state index contributed by atoms with van der Waals surface area (Å²) in [5, 5.41) is 8.58. The standard InChI is InChI=1S/C20H29Cl3O8/c21-20(22,23)16-31-19(25)15-29-14-18(17-4-2-1-3-5-17)30-13-12-28-11-10-27-9-8-26-7-6-24/h1-5,18,24H,6-16H2. The van der Waals surface area contributed by atoms with Crippen molar-refractivity contribution in [3.05, 3.63) is 35.9 Å². The quantitative estimate of drug-likeness (QED) is 0.186. The normalized spacial score (nSPS) is 12.6. The second kappa shape index (κ2) is 17.8. The number of hydrogen-bond donors (Lipinski definition) is 1. The van der Waals surface area contributed by atoms with Crippen LogP contribution in [0.3, 0.4) is 0 Å². The number of benzene rings is 1. The van der Waals surface area contributed by atoms with Gasteiger partial charge in [-0.25, -0.2) is 4.79 Å². The summed E-state index contributed by atoms with van der Waals surface area (Å²) in [5.41, 5.74) is 0.906. The Bertz CT molecular complexity index is 571. The molecule has 0 radical (unpaired) electrons. The molecule has 31 heavy (non-hydrogen) atoms. The zero-order chi connectivity index (χ0) is 22.8. The van der Waals surface area contributed by atoms with Gasteiger partial charge in [0.25, 0.3) is 0 Å². The molecule has 0 aliphatic rings. The molecule has 0 amide bonds. The molecule has 1 aromatic rings. The van der Waals surface area contributed by atoms with Crippen LogP contribution in [0, 0.1) is 0 Å². The Labute approximate surface area is 197 Å². The van der Waals surface area contributed by atoms with Gasteiger partial charge >= 0.3 is 5.97 Å². The van der Waals surface area contributed by atoms with Gasteiger partial charge < -0.3 is 33.5 Å². The first-order chi connectivity index (χ1) is 14.9. The number of ether oxygens (including phenoxy) is 6. The van der Waals surface area contributed by atoms with Gasteiger partial charge in [0.05, 0.1) is 59.5 Å². The third kappa shape index (κ3) is 16.6.